The van der Waals surface area contributed by atoms with Gasteiger partial charge in [0.15, 0.2) is 5.57 Å². The third-order valence-electron chi connectivity index (χ3n) is 2.14. The van der Waals surface area contributed by atoms with E-state index in [2.05, 4.69) is 15.6 Å². The first-order valence-corrected chi connectivity index (χ1v) is 5.62. The van der Waals surface area contributed by atoms with Crippen LogP contribution in [-0.4, -0.2) is 17.5 Å². The number of anilines is 1. The number of esters is 1. The van der Waals surface area contributed by atoms with Crippen molar-refractivity contribution < 1.29 is 14.5 Å². The van der Waals surface area contributed by atoms with Crippen molar-refractivity contribution in [3.8, 4) is 6.07 Å². The van der Waals surface area contributed by atoms with Crippen LogP contribution in [0.25, 0.3) is 0 Å². The normalized spacial score (nSPS) is 10.3. The molecule has 1 aromatic carbocycles. The Kier molecular flexibility index (Phi) is 5.52. The van der Waals surface area contributed by atoms with Gasteiger partial charge in [0.1, 0.15) is 11.8 Å². The molecule has 0 unspecified atom stereocenters. The number of carbonyl (C=O) groups is 1. The number of hydrogen-bond acceptors (Lipinski definition) is 7. The van der Waals surface area contributed by atoms with E-state index < -0.39 is 10.9 Å². The second-order valence-electron chi connectivity index (χ2n) is 3.43. The van der Waals surface area contributed by atoms with Crippen molar-refractivity contribution >= 4 is 17.3 Å². The van der Waals surface area contributed by atoms with E-state index >= 15 is 0 Å². The molecule has 2 N–H and O–H groups in total. The van der Waals surface area contributed by atoms with Gasteiger partial charge >= 0.3 is 5.97 Å². The SMILES string of the molecule is CCOC(=O)/C(C#N)=C\NNc1ccccc1[N+](=O)[O-]. The van der Waals surface area contributed by atoms with Crippen LogP contribution in [0.15, 0.2) is 36.0 Å². The number of nitrogens with zero attached hydrogens (tertiary/aromatic N) is 2. The number of rotatable bonds is 6. The number of nitriles is 1. The quantitative estimate of drug-likeness (QED) is 0.265. The van der Waals surface area contributed by atoms with Crippen molar-refractivity contribution in [1.82, 2.24) is 5.43 Å². The summed E-state index contributed by atoms with van der Waals surface area (Å²) in [6.45, 7) is 1.77. The minimum Gasteiger partial charge on any atom is -0.462 e. The van der Waals surface area contributed by atoms with Gasteiger partial charge in [-0.25, -0.2) is 4.79 Å². The van der Waals surface area contributed by atoms with Gasteiger partial charge in [-0.2, -0.15) is 5.26 Å². The molecule has 0 radical (unpaired) electrons. The molecule has 0 aliphatic heterocycles. The fourth-order valence-corrected chi connectivity index (χ4v) is 1.27. The summed E-state index contributed by atoms with van der Waals surface area (Å²) >= 11 is 0. The zero-order valence-electron chi connectivity index (χ0n) is 10.6. The molecule has 104 valence electrons. The van der Waals surface area contributed by atoms with Gasteiger partial charge in [0, 0.05) is 12.3 Å². The number of benzene rings is 1. The summed E-state index contributed by atoms with van der Waals surface area (Å²) in [4.78, 5) is 21.5. The van der Waals surface area contributed by atoms with Crippen molar-refractivity contribution in [3.63, 3.8) is 0 Å². The molecule has 0 amide bonds. The number of nitro groups is 1. The molecule has 0 bridgehead atoms. The zero-order valence-corrected chi connectivity index (χ0v) is 10.6. The molecule has 0 fully saturated rings. The van der Waals surface area contributed by atoms with E-state index in [0.717, 1.165) is 6.20 Å². The van der Waals surface area contributed by atoms with E-state index in [9.17, 15) is 14.9 Å². The minimum absolute atomic E-state index is 0.136. The zero-order chi connectivity index (χ0) is 15.0. The Morgan fingerprint density at radius 2 is 2.25 bits per heavy atom. The lowest BCUT2D eigenvalue weighted by atomic mass is 10.3. The average molecular weight is 276 g/mol. The largest absolute Gasteiger partial charge is 0.462 e. The lowest BCUT2D eigenvalue weighted by Gasteiger charge is -2.06. The fourth-order valence-electron chi connectivity index (χ4n) is 1.27. The lowest BCUT2D eigenvalue weighted by molar-refractivity contribution is -0.384. The fraction of sp³-hybridized carbons (Fsp3) is 0.167. The van der Waals surface area contributed by atoms with E-state index in [4.69, 9.17) is 5.26 Å². The predicted octanol–water partition coefficient (Wildman–Crippen LogP) is 1.48. The molecule has 1 aromatic rings. The highest BCUT2D eigenvalue weighted by Gasteiger charge is 2.12. The molecule has 0 spiro atoms. The Labute approximate surface area is 114 Å². The van der Waals surface area contributed by atoms with Crippen molar-refractivity contribution in [2.24, 2.45) is 0 Å². The standard InChI is InChI=1S/C12H12N4O4/c1-2-20-12(17)9(7-13)8-14-15-10-5-3-4-6-11(10)16(18)19/h3-6,8,14-15H,2H2,1H3/b9-8-. The molecule has 8 heteroatoms. The van der Waals surface area contributed by atoms with Gasteiger partial charge in [0.25, 0.3) is 5.69 Å². The van der Waals surface area contributed by atoms with Crippen LogP contribution in [0.3, 0.4) is 0 Å². The van der Waals surface area contributed by atoms with E-state index in [1.54, 1.807) is 19.1 Å². The predicted molar refractivity (Wildman–Crippen MR) is 70.2 cm³/mol. The first-order valence-electron chi connectivity index (χ1n) is 5.62. The van der Waals surface area contributed by atoms with E-state index in [1.165, 1.54) is 18.2 Å². The van der Waals surface area contributed by atoms with Crippen LogP contribution in [0.5, 0.6) is 0 Å². The molecule has 0 aliphatic rings. The number of hydrazine groups is 1. The van der Waals surface area contributed by atoms with E-state index in [0.29, 0.717) is 0 Å². The number of ether oxygens (including phenoxy) is 1. The highest BCUT2D eigenvalue weighted by atomic mass is 16.6. The summed E-state index contributed by atoms with van der Waals surface area (Å²) in [5.41, 5.74) is 4.79. The second kappa shape index (κ2) is 7.38. The maximum absolute atomic E-state index is 11.3. The van der Waals surface area contributed by atoms with Crippen molar-refractivity contribution in [2.45, 2.75) is 6.92 Å². The smallest absolute Gasteiger partial charge is 0.350 e. The molecule has 8 nitrogen and oxygen atoms in total. The van der Waals surface area contributed by atoms with Crippen LogP contribution in [-0.2, 0) is 9.53 Å². The molecular weight excluding hydrogens is 264 g/mol. The Bertz CT molecular complexity index is 577. The van der Waals surface area contributed by atoms with Crippen LogP contribution < -0.4 is 10.9 Å². The van der Waals surface area contributed by atoms with Crippen LogP contribution in [0.2, 0.25) is 0 Å². The third kappa shape index (κ3) is 3.99. The third-order valence-corrected chi connectivity index (χ3v) is 2.14. The Balaban J connectivity index is 2.75. The van der Waals surface area contributed by atoms with Gasteiger partial charge in [-0.1, -0.05) is 12.1 Å². The van der Waals surface area contributed by atoms with E-state index in [-0.39, 0.29) is 23.6 Å². The molecule has 20 heavy (non-hydrogen) atoms. The number of para-hydroxylation sites is 2. The van der Waals surface area contributed by atoms with E-state index in [1.807, 2.05) is 0 Å². The topological polar surface area (TPSA) is 117 Å². The highest BCUT2D eigenvalue weighted by molar-refractivity contribution is 5.92. The van der Waals surface area contributed by atoms with Gasteiger partial charge in [0.05, 0.1) is 11.5 Å². The Hall–Kier alpha value is -3.08. The first-order chi connectivity index (χ1) is 9.60. The lowest BCUT2D eigenvalue weighted by Crippen LogP contribution is -2.18. The molecular formula is C12H12N4O4. The molecule has 0 saturated carbocycles. The number of nitro benzene ring substituents is 1. The van der Waals surface area contributed by atoms with Crippen molar-refractivity contribution in [1.29, 1.82) is 5.26 Å². The summed E-state index contributed by atoms with van der Waals surface area (Å²) < 4.78 is 4.65. The maximum Gasteiger partial charge on any atom is 0.350 e. The van der Waals surface area contributed by atoms with Crippen LogP contribution in [0.4, 0.5) is 11.4 Å². The molecule has 1 rings (SSSR count). The number of carbonyl (C=O) groups excluding carboxylic acids is 1. The van der Waals surface area contributed by atoms with Gasteiger partial charge in [-0.3, -0.25) is 15.5 Å². The molecule has 0 atom stereocenters. The minimum atomic E-state index is -0.771. The van der Waals surface area contributed by atoms with Crippen LogP contribution in [0, 0.1) is 21.4 Å². The Morgan fingerprint density at radius 3 is 2.85 bits per heavy atom. The summed E-state index contributed by atoms with van der Waals surface area (Å²) in [7, 11) is 0. The number of nitrogens with one attached hydrogen (secondary N) is 2. The van der Waals surface area contributed by atoms with Gasteiger partial charge in [-0.15, -0.1) is 0 Å². The van der Waals surface area contributed by atoms with Crippen LogP contribution >= 0.6 is 0 Å². The number of hydrogen-bond donors (Lipinski definition) is 2. The monoisotopic (exact) mass is 276 g/mol. The van der Waals surface area contributed by atoms with Crippen molar-refractivity contribution in [3.05, 3.63) is 46.2 Å². The average Bonchev–Trinajstić information content (AvgIpc) is 2.44. The highest BCUT2D eigenvalue weighted by Crippen LogP contribution is 2.22. The summed E-state index contributed by atoms with van der Waals surface area (Å²) in [6.07, 6.45) is 1.08. The molecule has 0 aliphatic carbocycles. The molecule has 0 heterocycles. The molecule has 0 aromatic heterocycles. The van der Waals surface area contributed by atoms with Gasteiger partial charge in [-0.05, 0) is 13.0 Å². The summed E-state index contributed by atoms with van der Waals surface area (Å²) in [6, 6.07) is 7.60. The first kappa shape index (κ1) is 15.0. The summed E-state index contributed by atoms with van der Waals surface area (Å²) in [5.74, 6) is -0.771. The maximum atomic E-state index is 11.3. The van der Waals surface area contributed by atoms with Gasteiger partial charge < -0.3 is 10.2 Å². The molecule has 0 saturated heterocycles. The van der Waals surface area contributed by atoms with Crippen LogP contribution in [0.1, 0.15) is 6.92 Å². The summed E-state index contributed by atoms with van der Waals surface area (Å²) in [5, 5.41) is 19.5. The van der Waals surface area contributed by atoms with Crippen molar-refractivity contribution in [2.75, 3.05) is 12.0 Å². The second-order valence-corrected chi connectivity index (χ2v) is 3.43. The Morgan fingerprint density at radius 1 is 1.55 bits per heavy atom. The van der Waals surface area contributed by atoms with Gasteiger partial charge in [0.2, 0.25) is 0 Å².